The van der Waals surface area contributed by atoms with Crippen LogP contribution in [0.2, 0.25) is 0 Å². The lowest BCUT2D eigenvalue weighted by Gasteiger charge is -2.12. The fraction of sp³-hybridized carbons (Fsp3) is 0.238. The minimum atomic E-state index is -1.70. The molecule has 0 saturated heterocycles. The van der Waals surface area contributed by atoms with Gasteiger partial charge in [0.05, 0.1) is 17.9 Å². The molecule has 0 atom stereocenters. The van der Waals surface area contributed by atoms with Crippen LogP contribution in [0.1, 0.15) is 41.8 Å². The number of aryl methyl sites for hydroxylation is 1. The maximum absolute atomic E-state index is 13.6. The molecule has 2 amide bonds. The number of carbonyl (C=O) groups excluding carboxylic acids is 2. The maximum atomic E-state index is 13.6. The Morgan fingerprint density at radius 2 is 1.77 bits per heavy atom. The predicted molar refractivity (Wildman–Crippen MR) is 107 cm³/mol. The molecule has 0 aliphatic heterocycles. The molecule has 3 aromatic rings. The van der Waals surface area contributed by atoms with Crippen LogP contribution in [0.4, 0.5) is 18.9 Å². The predicted octanol–water partition coefficient (Wildman–Crippen LogP) is 3.48. The molecule has 0 spiro atoms. The normalized spacial score (nSPS) is 10.9. The summed E-state index contributed by atoms with van der Waals surface area (Å²) in [5.41, 5.74) is 1.27. The van der Waals surface area contributed by atoms with Crippen molar-refractivity contribution in [3.05, 3.63) is 71.1 Å². The molecule has 162 valence electrons. The number of hydrogen-bond acceptors (Lipinski definition) is 4. The first-order valence-corrected chi connectivity index (χ1v) is 9.43. The van der Waals surface area contributed by atoms with Crippen LogP contribution in [0.5, 0.6) is 0 Å². The molecule has 3 rings (SSSR count). The van der Waals surface area contributed by atoms with Gasteiger partial charge in [-0.25, -0.2) is 22.8 Å². The number of anilines is 1. The highest BCUT2D eigenvalue weighted by molar-refractivity contribution is 5.97. The molecule has 0 unspecified atom stereocenters. The highest BCUT2D eigenvalue weighted by atomic mass is 19.2. The van der Waals surface area contributed by atoms with E-state index < -0.39 is 41.5 Å². The summed E-state index contributed by atoms with van der Waals surface area (Å²) in [7, 11) is 0. The van der Waals surface area contributed by atoms with Crippen molar-refractivity contribution in [1.82, 2.24) is 20.1 Å². The third kappa shape index (κ3) is 4.73. The Labute approximate surface area is 176 Å². The molecule has 0 radical (unpaired) electrons. The quantitative estimate of drug-likeness (QED) is 0.585. The van der Waals surface area contributed by atoms with Gasteiger partial charge in [-0.15, -0.1) is 5.10 Å². The fourth-order valence-electron chi connectivity index (χ4n) is 2.94. The molecule has 0 aliphatic rings. The van der Waals surface area contributed by atoms with Crippen LogP contribution in [0, 0.1) is 24.4 Å². The van der Waals surface area contributed by atoms with Crippen molar-refractivity contribution in [2.24, 2.45) is 0 Å². The van der Waals surface area contributed by atoms with Crippen molar-refractivity contribution in [2.75, 3.05) is 11.9 Å². The molecule has 0 bridgehead atoms. The van der Waals surface area contributed by atoms with Gasteiger partial charge >= 0.3 is 0 Å². The lowest BCUT2D eigenvalue weighted by atomic mass is 10.0. The smallest absolute Gasteiger partial charge is 0.291 e. The van der Waals surface area contributed by atoms with Crippen LogP contribution < -0.4 is 10.6 Å². The van der Waals surface area contributed by atoms with Crippen LogP contribution in [0.15, 0.2) is 36.4 Å². The lowest BCUT2D eigenvalue weighted by molar-refractivity contribution is -0.115. The van der Waals surface area contributed by atoms with Crippen LogP contribution in [-0.4, -0.2) is 33.1 Å². The van der Waals surface area contributed by atoms with E-state index in [4.69, 9.17) is 0 Å². The van der Waals surface area contributed by atoms with Crippen LogP contribution >= 0.6 is 0 Å². The Balaban J connectivity index is 1.69. The van der Waals surface area contributed by atoms with Crippen molar-refractivity contribution in [3.63, 3.8) is 0 Å². The van der Waals surface area contributed by atoms with E-state index in [0.29, 0.717) is 11.9 Å². The third-order valence-corrected chi connectivity index (χ3v) is 4.48. The second-order valence-corrected chi connectivity index (χ2v) is 7.06. The van der Waals surface area contributed by atoms with Crippen LogP contribution in [0.25, 0.3) is 5.69 Å². The SMILES string of the molecule is Cc1nc(C(=O)NCC(=O)Nc2ccc(F)c(F)c2F)nn1-c1ccccc1C(C)C. The molecule has 7 nitrogen and oxygen atoms in total. The summed E-state index contributed by atoms with van der Waals surface area (Å²) in [6, 6.07) is 9.15. The summed E-state index contributed by atoms with van der Waals surface area (Å²) >= 11 is 0. The highest BCUT2D eigenvalue weighted by Gasteiger charge is 2.19. The van der Waals surface area contributed by atoms with E-state index in [1.807, 2.05) is 38.1 Å². The van der Waals surface area contributed by atoms with Gasteiger partial charge in [0, 0.05) is 0 Å². The molecule has 31 heavy (non-hydrogen) atoms. The van der Waals surface area contributed by atoms with Crippen molar-refractivity contribution < 1.29 is 22.8 Å². The van der Waals surface area contributed by atoms with Gasteiger partial charge in [-0.2, -0.15) is 0 Å². The highest BCUT2D eigenvalue weighted by Crippen LogP contribution is 2.23. The van der Waals surface area contributed by atoms with Crippen molar-refractivity contribution in [3.8, 4) is 5.69 Å². The van der Waals surface area contributed by atoms with E-state index >= 15 is 0 Å². The molecular weight excluding hydrogens is 411 g/mol. The zero-order valence-corrected chi connectivity index (χ0v) is 17.0. The largest absolute Gasteiger partial charge is 0.340 e. The first-order chi connectivity index (χ1) is 14.7. The number of hydrogen-bond donors (Lipinski definition) is 2. The van der Waals surface area contributed by atoms with E-state index in [9.17, 15) is 22.8 Å². The standard InChI is InChI=1S/C21H20F3N5O2/c1-11(2)13-6-4-5-7-16(13)29-12(3)26-20(28-29)21(31)25-10-17(30)27-15-9-8-14(22)18(23)19(15)24/h4-9,11H,10H2,1-3H3,(H,25,31)(H,27,30). The Kier molecular flexibility index (Phi) is 6.38. The number of carbonyl (C=O) groups is 2. The van der Waals surface area contributed by atoms with Crippen LogP contribution in [0.3, 0.4) is 0 Å². The molecule has 10 heteroatoms. The minimum Gasteiger partial charge on any atom is -0.340 e. The minimum absolute atomic E-state index is 0.150. The van der Waals surface area contributed by atoms with Crippen molar-refractivity contribution in [2.45, 2.75) is 26.7 Å². The molecule has 2 aromatic carbocycles. The van der Waals surface area contributed by atoms with Gasteiger partial charge in [-0.05, 0) is 36.6 Å². The monoisotopic (exact) mass is 431 g/mol. The lowest BCUT2D eigenvalue weighted by Crippen LogP contribution is -2.33. The van der Waals surface area contributed by atoms with E-state index in [1.165, 1.54) is 0 Å². The first kappa shape index (κ1) is 22.0. The molecule has 0 fully saturated rings. The van der Waals surface area contributed by atoms with E-state index in [0.717, 1.165) is 17.3 Å². The summed E-state index contributed by atoms with van der Waals surface area (Å²) in [5.74, 6) is -5.61. The average molecular weight is 431 g/mol. The maximum Gasteiger partial charge on any atom is 0.291 e. The van der Waals surface area contributed by atoms with E-state index in [-0.39, 0.29) is 11.7 Å². The Hall–Kier alpha value is -3.69. The summed E-state index contributed by atoms with van der Waals surface area (Å²) in [6.45, 7) is 5.22. The average Bonchev–Trinajstić information content (AvgIpc) is 3.14. The van der Waals surface area contributed by atoms with Gasteiger partial charge in [-0.3, -0.25) is 9.59 Å². The van der Waals surface area contributed by atoms with Crippen molar-refractivity contribution in [1.29, 1.82) is 0 Å². The Bertz CT molecular complexity index is 1140. The molecule has 0 aliphatic carbocycles. The summed E-state index contributed by atoms with van der Waals surface area (Å²) in [5, 5.41) is 8.61. The number of rotatable bonds is 6. The molecule has 1 aromatic heterocycles. The van der Waals surface area contributed by atoms with Crippen molar-refractivity contribution >= 4 is 17.5 Å². The number of benzene rings is 2. The molecule has 1 heterocycles. The van der Waals surface area contributed by atoms with Gasteiger partial charge < -0.3 is 10.6 Å². The third-order valence-electron chi connectivity index (χ3n) is 4.48. The fourth-order valence-corrected chi connectivity index (χ4v) is 2.94. The first-order valence-electron chi connectivity index (χ1n) is 9.43. The van der Waals surface area contributed by atoms with Gasteiger partial charge in [0.25, 0.3) is 5.91 Å². The summed E-state index contributed by atoms with van der Waals surface area (Å²) < 4.78 is 41.4. The van der Waals surface area contributed by atoms with Gasteiger partial charge in [0.15, 0.2) is 17.5 Å². The van der Waals surface area contributed by atoms with Gasteiger partial charge in [0.1, 0.15) is 5.82 Å². The zero-order chi connectivity index (χ0) is 22.7. The zero-order valence-electron chi connectivity index (χ0n) is 17.0. The molecular formula is C21H20F3N5O2. The molecule has 2 N–H and O–H groups in total. The van der Waals surface area contributed by atoms with Gasteiger partial charge in [-0.1, -0.05) is 32.0 Å². The number of nitrogens with zero attached hydrogens (tertiary/aromatic N) is 3. The Morgan fingerprint density at radius 3 is 2.48 bits per heavy atom. The second-order valence-electron chi connectivity index (χ2n) is 7.06. The number of amides is 2. The second kappa shape index (κ2) is 8.99. The molecule has 0 saturated carbocycles. The number of halogens is 3. The Morgan fingerprint density at radius 1 is 1.06 bits per heavy atom. The number of nitrogens with one attached hydrogen (secondary N) is 2. The van der Waals surface area contributed by atoms with Gasteiger partial charge in [0.2, 0.25) is 11.7 Å². The van der Waals surface area contributed by atoms with E-state index in [2.05, 4.69) is 20.7 Å². The van der Waals surface area contributed by atoms with Crippen LogP contribution in [-0.2, 0) is 4.79 Å². The topological polar surface area (TPSA) is 88.9 Å². The van der Waals surface area contributed by atoms with E-state index in [1.54, 1.807) is 11.6 Å². The summed E-state index contributed by atoms with van der Waals surface area (Å²) in [6.07, 6.45) is 0. The number of aromatic nitrogens is 3. The number of para-hydroxylation sites is 1. The summed E-state index contributed by atoms with van der Waals surface area (Å²) in [4.78, 5) is 28.5.